The topological polar surface area (TPSA) is 42.9 Å². The molecule has 16 heavy (non-hydrogen) atoms. The number of aldehydes is 1. The van der Waals surface area contributed by atoms with Crippen molar-refractivity contribution >= 4 is 17.6 Å². The van der Waals surface area contributed by atoms with Crippen LogP contribution in [-0.4, -0.2) is 16.3 Å². The van der Waals surface area contributed by atoms with Crippen LogP contribution in [0.2, 0.25) is 0 Å². The highest BCUT2D eigenvalue weighted by Crippen LogP contribution is 2.25. The highest BCUT2D eigenvalue weighted by molar-refractivity contribution is 7.16. The zero-order valence-electron chi connectivity index (χ0n) is 7.93. The van der Waals surface area contributed by atoms with Crippen molar-refractivity contribution in [3.8, 4) is 10.7 Å². The van der Waals surface area contributed by atoms with Crippen molar-refractivity contribution in [3.63, 3.8) is 0 Å². The van der Waals surface area contributed by atoms with Crippen LogP contribution in [0.3, 0.4) is 0 Å². The quantitative estimate of drug-likeness (QED) is 0.774. The predicted octanol–water partition coefficient (Wildman–Crippen LogP) is 2.96. The van der Waals surface area contributed by atoms with Crippen molar-refractivity contribution in [2.75, 3.05) is 0 Å². The molecular formula is C10H6F2N2OS. The second-order valence-corrected chi connectivity index (χ2v) is 4.04. The minimum Gasteiger partial charge on any atom is -0.297 e. The van der Waals surface area contributed by atoms with Gasteiger partial charge in [0.15, 0.2) is 12.1 Å². The Labute approximate surface area is 93.8 Å². The smallest absolute Gasteiger partial charge is 0.280 e. The number of carbonyl (C=O) groups excluding carboxylic acids is 1. The number of hydrogen-bond donors (Lipinski definition) is 0. The lowest BCUT2D eigenvalue weighted by molar-refractivity contribution is 0.112. The number of nitrogens with zero attached hydrogens (tertiary/aromatic N) is 2. The normalized spacial score (nSPS) is 10.7. The van der Waals surface area contributed by atoms with Gasteiger partial charge in [-0.15, -0.1) is 11.3 Å². The molecule has 0 aliphatic heterocycles. The van der Waals surface area contributed by atoms with Gasteiger partial charge in [-0.1, -0.05) is 0 Å². The lowest BCUT2D eigenvalue weighted by Gasteiger charge is -2.00. The fourth-order valence-corrected chi connectivity index (χ4v) is 1.91. The Kier molecular flexibility index (Phi) is 3.00. The molecule has 0 N–H and O–H groups in total. The van der Waals surface area contributed by atoms with Gasteiger partial charge in [0.2, 0.25) is 0 Å². The van der Waals surface area contributed by atoms with Crippen molar-refractivity contribution in [2.24, 2.45) is 0 Å². The van der Waals surface area contributed by atoms with Gasteiger partial charge in [0.05, 0.1) is 9.75 Å². The lowest BCUT2D eigenvalue weighted by atomic mass is 10.3. The van der Waals surface area contributed by atoms with Gasteiger partial charge in [-0.05, 0) is 18.2 Å². The van der Waals surface area contributed by atoms with Crippen LogP contribution in [0.5, 0.6) is 0 Å². The van der Waals surface area contributed by atoms with E-state index in [1.54, 1.807) is 12.1 Å². The van der Waals surface area contributed by atoms with Gasteiger partial charge < -0.3 is 0 Å². The SMILES string of the molecule is O=Cc1ccc(-c2nccc(C(F)F)n2)s1. The molecule has 0 aliphatic carbocycles. The predicted molar refractivity (Wildman–Crippen MR) is 55.7 cm³/mol. The third-order valence-electron chi connectivity index (χ3n) is 1.86. The van der Waals surface area contributed by atoms with Gasteiger partial charge >= 0.3 is 0 Å². The molecule has 0 radical (unpaired) electrons. The van der Waals surface area contributed by atoms with Crippen molar-refractivity contribution < 1.29 is 13.6 Å². The average molecular weight is 240 g/mol. The first kappa shape index (κ1) is 10.8. The molecule has 2 aromatic rings. The minimum atomic E-state index is -2.62. The third-order valence-corrected chi connectivity index (χ3v) is 2.87. The van der Waals surface area contributed by atoms with Crippen LogP contribution in [0.25, 0.3) is 10.7 Å². The number of carbonyl (C=O) groups is 1. The molecule has 0 saturated heterocycles. The molecule has 2 heterocycles. The van der Waals surface area contributed by atoms with Crippen LogP contribution in [0.4, 0.5) is 8.78 Å². The van der Waals surface area contributed by atoms with Crippen LogP contribution in [0, 0.1) is 0 Å². The van der Waals surface area contributed by atoms with Gasteiger partial charge in [-0.25, -0.2) is 18.7 Å². The summed E-state index contributed by atoms with van der Waals surface area (Å²) in [6.45, 7) is 0. The summed E-state index contributed by atoms with van der Waals surface area (Å²) in [6, 6.07) is 4.41. The number of halogens is 2. The van der Waals surface area contributed by atoms with E-state index in [0.717, 1.165) is 0 Å². The summed E-state index contributed by atoms with van der Waals surface area (Å²) in [4.78, 5) is 19.2. The Morgan fingerprint density at radius 3 is 2.75 bits per heavy atom. The number of thiophene rings is 1. The van der Waals surface area contributed by atoms with Gasteiger partial charge in [0.25, 0.3) is 6.43 Å². The van der Waals surface area contributed by atoms with Gasteiger partial charge in [0, 0.05) is 6.20 Å². The highest BCUT2D eigenvalue weighted by Gasteiger charge is 2.11. The first-order valence-corrected chi connectivity index (χ1v) is 5.19. The molecule has 82 valence electrons. The zero-order chi connectivity index (χ0) is 11.5. The largest absolute Gasteiger partial charge is 0.297 e. The van der Waals surface area contributed by atoms with E-state index in [-0.39, 0.29) is 11.5 Å². The maximum absolute atomic E-state index is 12.4. The first-order valence-electron chi connectivity index (χ1n) is 4.37. The Morgan fingerprint density at radius 2 is 2.12 bits per heavy atom. The van der Waals surface area contributed by atoms with Crippen LogP contribution in [0.1, 0.15) is 21.8 Å². The van der Waals surface area contributed by atoms with E-state index < -0.39 is 6.43 Å². The number of alkyl halides is 2. The monoisotopic (exact) mass is 240 g/mol. The maximum atomic E-state index is 12.4. The Morgan fingerprint density at radius 1 is 1.31 bits per heavy atom. The van der Waals surface area contributed by atoms with Gasteiger partial charge in [-0.3, -0.25) is 4.79 Å². The van der Waals surface area contributed by atoms with E-state index >= 15 is 0 Å². The second kappa shape index (κ2) is 4.44. The molecule has 2 rings (SSSR count). The van der Waals surface area contributed by atoms with E-state index in [1.165, 1.54) is 23.6 Å². The summed E-state index contributed by atoms with van der Waals surface area (Å²) in [5, 5.41) is 0. The van der Waals surface area contributed by atoms with Crippen LogP contribution in [0.15, 0.2) is 24.4 Å². The molecule has 0 saturated carbocycles. The van der Waals surface area contributed by atoms with Gasteiger partial charge in [-0.2, -0.15) is 0 Å². The van der Waals surface area contributed by atoms with Crippen molar-refractivity contribution in [1.29, 1.82) is 0 Å². The van der Waals surface area contributed by atoms with Crippen LogP contribution < -0.4 is 0 Å². The standard InChI is InChI=1S/C10H6F2N2OS/c11-9(12)7-3-4-13-10(14-7)8-2-1-6(5-15)16-8/h1-5,9H. The molecule has 0 fully saturated rings. The Bertz CT molecular complexity index is 513. The van der Waals surface area contributed by atoms with Crippen molar-refractivity contribution in [3.05, 3.63) is 35.0 Å². The van der Waals surface area contributed by atoms with E-state index in [2.05, 4.69) is 9.97 Å². The Hall–Kier alpha value is -1.69. The molecule has 0 unspecified atom stereocenters. The summed E-state index contributed by atoms with van der Waals surface area (Å²) in [5.74, 6) is 0.218. The molecule has 0 bridgehead atoms. The molecule has 6 heteroatoms. The summed E-state index contributed by atoms with van der Waals surface area (Å²) in [6.07, 6.45) is -0.637. The summed E-state index contributed by atoms with van der Waals surface area (Å²) < 4.78 is 24.8. The second-order valence-electron chi connectivity index (χ2n) is 2.93. The van der Waals surface area contributed by atoms with E-state index in [9.17, 15) is 13.6 Å². The molecule has 0 spiro atoms. The molecule has 0 aromatic carbocycles. The van der Waals surface area contributed by atoms with Crippen molar-refractivity contribution in [1.82, 2.24) is 9.97 Å². The van der Waals surface area contributed by atoms with E-state index in [0.29, 0.717) is 16.0 Å². The summed E-state index contributed by atoms with van der Waals surface area (Å²) >= 11 is 1.17. The fraction of sp³-hybridized carbons (Fsp3) is 0.100. The first-order chi connectivity index (χ1) is 7.70. The summed E-state index contributed by atoms with van der Waals surface area (Å²) in [7, 11) is 0. The highest BCUT2D eigenvalue weighted by atomic mass is 32.1. The molecule has 0 atom stereocenters. The molecule has 2 aromatic heterocycles. The molecule has 0 aliphatic rings. The van der Waals surface area contributed by atoms with Gasteiger partial charge in [0.1, 0.15) is 5.69 Å². The molecule has 0 amide bonds. The minimum absolute atomic E-state index is 0.218. The number of aromatic nitrogens is 2. The summed E-state index contributed by atoms with van der Waals surface area (Å²) in [5.41, 5.74) is -0.314. The van der Waals surface area contributed by atoms with Crippen LogP contribution >= 0.6 is 11.3 Å². The lowest BCUT2D eigenvalue weighted by Crippen LogP contribution is -1.93. The van der Waals surface area contributed by atoms with Crippen LogP contribution in [-0.2, 0) is 0 Å². The molecular weight excluding hydrogens is 234 g/mol. The number of hydrogen-bond acceptors (Lipinski definition) is 4. The number of rotatable bonds is 3. The maximum Gasteiger partial charge on any atom is 0.280 e. The zero-order valence-corrected chi connectivity index (χ0v) is 8.75. The average Bonchev–Trinajstić information content (AvgIpc) is 2.77. The van der Waals surface area contributed by atoms with E-state index in [1.807, 2.05) is 0 Å². The Balaban J connectivity index is 2.39. The molecule has 3 nitrogen and oxygen atoms in total. The fourth-order valence-electron chi connectivity index (χ4n) is 1.15. The van der Waals surface area contributed by atoms with Crippen molar-refractivity contribution in [2.45, 2.75) is 6.43 Å². The third kappa shape index (κ3) is 2.11. The van der Waals surface area contributed by atoms with E-state index in [4.69, 9.17) is 0 Å².